The summed E-state index contributed by atoms with van der Waals surface area (Å²) in [5.74, 6) is 0.0307. The number of aromatic nitrogens is 1. The number of pyridine rings is 1. The van der Waals surface area contributed by atoms with Crippen LogP contribution in [0.25, 0.3) is 0 Å². The SMILES string of the molecule is COc1nc(N2CCOC(c3ccccc3)C2)c(F)cc1CNC(=O)[C@@H]1CCCN1. The Morgan fingerprint density at radius 2 is 2.23 bits per heavy atom. The van der Waals surface area contributed by atoms with Gasteiger partial charge in [0.2, 0.25) is 11.8 Å². The normalized spacial score (nSPS) is 21.5. The van der Waals surface area contributed by atoms with E-state index in [0.29, 0.717) is 31.1 Å². The molecule has 2 aromatic rings. The summed E-state index contributed by atoms with van der Waals surface area (Å²) >= 11 is 0. The number of nitrogens with zero attached hydrogens (tertiary/aromatic N) is 2. The number of nitrogens with one attached hydrogen (secondary N) is 2. The summed E-state index contributed by atoms with van der Waals surface area (Å²) in [6, 6.07) is 11.1. The predicted molar refractivity (Wildman–Crippen MR) is 111 cm³/mol. The quantitative estimate of drug-likeness (QED) is 0.755. The molecule has 1 unspecified atom stereocenters. The highest BCUT2D eigenvalue weighted by Crippen LogP contribution is 2.29. The summed E-state index contributed by atoms with van der Waals surface area (Å²) < 4.78 is 26.3. The molecule has 2 aliphatic rings. The molecule has 2 N–H and O–H groups in total. The van der Waals surface area contributed by atoms with E-state index in [1.54, 1.807) is 0 Å². The van der Waals surface area contributed by atoms with Gasteiger partial charge in [0.1, 0.15) is 6.10 Å². The number of carbonyl (C=O) groups is 1. The maximum Gasteiger partial charge on any atom is 0.237 e. The van der Waals surface area contributed by atoms with Crippen molar-refractivity contribution in [3.8, 4) is 5.88 Å². The first-order valence-electron chi connectivity index (χ1n) is 10.3. The third-order valence-corrected chi connectivity index (χ3v) is 5.56. The molecule has 2 aliphatic heterocycles. The van der Waals surface area contributed by atoms with Gasteiger partial charge < -0.3 is 25.0 Å². The molecular formula is C22H27FN4O3. The second-order valence-electron chi connectivity index (χ2n) is 7.55. The summed E-state index contributed by atoms with van der Waals surface area (Å²) in [6.07, 6.45) is 1.65. The van der Waals surface area contributed by atoms with Gasteiger partial charge in [0.25, 0.3) is 0 Å². The zero-order valence-electron chi connectivity index (χ0n) is 17.1. The summed E-state index contributed by atoms with van der Waals surface area (Å²) in [4.78, 5) is 18.5. The molecule has 2 saturated heterocycles. The first-order chi connectivity index (χ1) is 14.7. The van der Waals surface area contributed by atoms with Crippen LogP contribution in [0.15, 0.2) is 36.4 Å². The van der Waals surface area contributed by atoms with Gasteiger partial charge in [0, 0.05) is 25.2 Å². The number of amides is 1. The summed E-state index contributed by atoms with van der Waals surface area (Å²) in [5.41, 5.74) is 1.56. The topological polar surface area (TPSA) is 75.7 Å². The van der Waals surface area contributed by atoms with E-state index in [0.717, 1.165) is 24.9 Å². The van der Waals surface area contributed by atoms with Crippen LogP contribution in [0.3, 0.4) is 0 Å². The van der Waals surface area contributed by atoms with E-state index in [9.17, 15) is 9.18 Å². The molecule has 0 radical (unpaired) electrons. The van der Waals surface area contributed by atoms with Crippen LogP contribution in [0.1, 0.15) is 30.1 Å². The standard InChI is InChI=1S/C22H27FN4O3/c1-29-22-16(13-25-21(28)18-8-5-9-24-18)12-17(23)20(26-22)27-10-11-30-19(14-27)15-6-3-2-4-7-15/h2-4,6-7,12,18-19,24H,5,8-11,13-14H2,1H3,(H,25,28)/t18-,19?/m0/s1. The second kappa shape index (κ2) is 9.40. The lowest BCUT2D eigenvalue weighted by Crippen LogP contribution is -2.40. The van der Waals surface area contributed by atoms with Crippen molar-refractivity contribution in [2.75, 3.05) is 38.3 Å². The molecule has 0 aliphatic carbocycles. The van der Waals surface area contributed by atoms with Gasteiger partial charge in [-0.15, -0.1) is 0 Å². The smallest absolute Gasteiger partial charge is 0.237 e. The highest BCUT2D eigenvalue weighted by atomic mass is 19.1. The third kappa shape index (κ3) is 4.55. The number of hydrogen-bond acceptors (Lipinski definition) is 6. The molecule has 8 heteroatoms. The Kier molecular flexibility index (Phi) is 6.44. The molecule has 30 heavy (non-hydrogen) atoms. The number of methoxy groups -OCH3 is 1. The fraction of sp³-hybridized carbons (Fsp3) is 0.455. The number of halogens is 1. The van der Waals surface area contributed by atoms with Gasteiger partial charge in [-0.2, -0.15) is 4.98 Å². The lowest BCUT2D eigenvalue weighted by Gasteiger charge is -2.34. The van der Waals surface area contributed by atoms with E-state index in [2.05, 4.69) is 15.6 Å². The molecule has 3 heterocycles. The summed E-state index contributed by atoms with van der Waals surface area (Å²) in [5, 5.41) is 6.00. The maximum atomic E-state index is 15.0. The van der Waals surface area contributed by atoms with Gasteiger partial charge in [-0.3, -0.25) is 4.79 Å². The van der Waals surface area contributed by atoms with E-state index >= 15 is 0 Å². The fourth-order valence-electron chi connectivity index (χ4n) is 3.95. The van der Waals surface area contributed by atoms with Crippen LogP contribution in [0, 0.1) is 5.82 Å². The molecule has 0 saturated carbocycles. The van der Waals surface area contributed by atoms with E-state index < -0.39 is 5.82 Å². The number of anilines is 1. The Bertz CT molecular complexity index is 874. The minimum absolute atomic E-state index is 0.0853. The minimum Gasteiger partial charge on any atom is -0.481 e. The molecule has 0 bridgehead atoms. The van der Waals surface area contributed by atoms with Crippen LogP contribution in [0.5, 0.6) is 5.88 Å². The maximum absolute atomic E-state index is 15.0. The van der Waals surface area contributed by atoms with Crippen molar-refractivity contribution in [1.82, 2.24) is 15.6 Å². The number of ether oxygens (including phenoxy) is 2. The summed E-state index contributed by atoms with van der Waals surface area (Å²) in [6.45, 7) is 2.53. The number of morpholine rings is 1. The molecule has 1 aromatic heterocycles. The molecule has 7 nitrogen and oxygen atoms in total. The third-order valence-electron chi connectivity index (χ3n) is 5.56. The first-order valence-corrected chi connectivity index (χ1v) is 10.3. The highest BCUT2D eigenvalue weighted by molar-refractivity contribution is 5.82. The van der Waals surface area contributed by atoms with Gasteiger partial charge in [-0.05, 0) is 31.0 Å². The lowest BCUT2D eigenvalue weighted by molar-refractivity contribution is -0.122. The summed E-state index contributed by atoms with van der Waals surface area (Å²) in [7, 11) is 1.50. The van der Waals surface area contributed by atoms with Crippen molar-refractivity contribution >= 4 is 11.7 Å². The van der Waals surface area contributed by atoms with Gasteiger partial charge in [-0.1, -0.05) is 30.3 Å². The van der Waals surface area contributed by atoms with Gasteiger partial charge in [0.15, 0.2) is 11.6 Å². The predicted octanol–water partition coefficient (Wildman–Crippen LogP) is 2.18. The zero-order chi connectivity index (χ0) is 20.9. The monoisotopic (exact) mass is 414 g/mol. The first kappa shape index (κ1) is 20.6. The number of benzene rings is 1. The Morgan fingerprint density at radius 1 is 1.40 bits per heavy atom. The zero-order valence-corrected chi connectivity index (χ0v) is 17.1. The van der Waals surface area contributed by atoms with Crippen molar-refractivity contribution in [2.24, 2.45) is 0 Å². The Morgan fingerprint density at radius 3 is 2.97 bits per heavy atom. The Balaban J connectivity index is 1.48. The van der Waals surface area contributed by atoms with Crippen LogP contribution >= 0.6 is 0 Å². The second-order valence-corrected chi connectivity index (χ2v) is 7.55. The van der Waals surface area contributed by atoms with Gasteiger partial charge >= 0.3 is 0 Å². The van der Waals surface area contributed by atoms with Crippen molar-refractivity contribution in [1.29, 1.82) is 0 Å². The Hall–Kier alpha value is -2.71. The van der Waals surface area contributed by atoms with Crippen molar-refractivity contribution < 1.29 is 18.7 Å². The van der Waals surface area contributed by atoms with Crippen molar-refractivity contribution in [3.63, 3.8) is 0 Å². The molecule has 0 spiro atoms. The van der Waals surface area contributed by atoms with Crippen LogP contribution in [-0.2, 0) is 16.1 Å². The fourth-order valence-corrected chi connectivity index (χ4v) is 3.95. The molecular weight excluding hydrogens is 387 g/mol. The average molecular weight is 414 g/mol. The van der Waals surface area contributed by atoms with E-state index in [-0.39, 0.29) is 30.4 Å². The minimum atomic E-state index is -0.437. The number of carbonyl (C=O) groups excluding carboxylic acids is 1. The molecule has 2 atom stereocenters. The number of hydrogen-bond donors (Lipinski definition) is 2. The van der Waals surface area contributed by atoms with Crippen LogP contribution in [0.4, 0.5) is 10.2 Å². The van der Waals surface area contributed by atoms with E-state index in [1.165, 1.54) is 13.2 Å². The van der Waals surface area contributed by atoms with E-state index in [1.807, 2.05) is 35.2 Å². The van der Waals surface area contributed by atoms with Crippen LogP contribution < -0.4 is 20.3 Å². The molecule has 4 rings (SSSR count). The molecule has 1 amide bonds. The average Bonchev–Trinajstić information content (AvgIpc) is 3.33. The van der Waals surface area contributed by atoms with Crippen LogP contribution in [-0.4, -0.2) is 50.3 Å². The van der Waals surface area contributed by atoms with Gasteiger partial charge in [-0.25, -0.2) is 4.39 Å². The van der Waals surface area contributed by atoms with E-state index in [4.69, 9.17) is 9.47 Å². The van der Waals surface area contributed by atoms with Crippen molar-refractivity contribution in [2.45, 2.75) is 31.5 Å². The highest BCUT2D eigenvalue weighted by Gasteiger charge is 2.27. The Labute approximate surface area is 175 Å². The molecule has 160 valence electrons. The van der Waals surface area contributed by atoms with Crippen LogP contribution in [0.2, 0.25) is 0 Å². The lowest BCUT2D eigenvalue weighted by atomic mass is 10.1. The molecule has 2 fully saturated rings. The van der Waals surface area contributed by atoms with Gasteiger partial charge in [0.05, 0.1) is 19.8 Å². The molecule has 1 aromatic carbocycles. The largest absolute Gasteiger partial charge is 0.481 e. The number of rotatable bonds is 6. The van der Waals surface area contributed by atoms with Crippen molar-refractivity contribution in [3.05, 3.63) is 53.3 Å².